The van der Waals surface area contributed by atoms with Crippen LogP contribution in [-0.4, -0.2) is 0 Å². The van der Waals surface area contributed by atoms with Gasteiger partial charge in [0.15, 0.2) is 0 Å². The van der Waals surface area contributed by atoms with Gasteiger partial charge in [0.1, 0.15) is 5.56 Å². The quantitative estimate of drug-likeness (QED) is 0.588. The largest absolute Gasteiger partial charge is 0.498 e. The normalized spacial score (nSPS) is 8.10. The summed E-state index contributed by atoms with van der Waals surface area (Å²) in [5.41, 5.74) is 0.685. The van der Waals surface area contributed by atoms with Crippen LogP contribution in [0.25, 0.3) is 5.01 Å². The highest BCUT2D eigenvalue weighted by Gasteiger charge is 1.92. The predicted octanol–water partition coefficient (Wildman–Crippen LogP) is 2.63. The average molecular weight is 198 g/mol. The average Bonchev–Trinajstić information content (AvgIpc) is 1.88. The molecule has 1 rings (SSSR count). The molecule has 2 nitrogen and oxygen atoms in total. The minimum Gasteiger partial charge on any atom is -0.498 e. The van der Waals surface area contributed by atoms with E-state index in [4.69, 9.17) is 0 Å². The van der Waals surface area contributed by atoms with Crippen molar-refractivity contribution in [3.8, 4) is 6.07 Å². The Morgan fingerprint density at radius 1 is 1.50 bits per heavy atom. The first kappa shape index (κ1) is 7.10. The standard InChI is InChI=1S/C7H4BrNO/c8-7-3-1-2-6(4-7)5-9-10/h1-4H. The molecule has 0 unspecified atom stereocenters. The van der Waals surface area contributed by atoms with Crippen molar-refractivity contribution >= 4 is 15.9 Å². The Labute approximate surface area is 67.0 Å². The molecule has 0 atom stereocenters. The summed E-state index contributed by atoms with van der Waals surface area (Å²) < 4.78 is 0.918. The summed E-state index contributed by atoms with van der Waals surface area (Å²) in [7, 11) is 0. The number of nitrogens with zero attached hydrogens (tertiary/aromatic N) is 1. The van der Waals surface area contributed by atoms with Gasteiger partial charge in [0.05, 0.1) is 0 Å². The molecule has 0 heterocycles. The molecule has 0 fully saturated rings. The van der Waals surface area contributed by atoms with Gasteiger partial charge in [-0.1, -0.05) is 22.0 Å². The first-order valence-electron chi connectivity index (χ1n) is 2.67. The fourth-order valence-corrected chi connectivity index (χ4v) is 1.01. The summed E-state index contributed by atoms with van der Waals surface area (Å²) in [6.45, 7) is 0. The molecule has 0 saturated heterocycles. The van der Waals surface area contributed by atoms with Crippen molar-refractivity contribution in [3.63, 3.8) is 0 Å². The maximum atomic E-state index is 9.71. The first-order chi connectivity index (χ1) is 4.83. The van der Waals surface area contributed by atoms with E-state index < -0.39 is 0 Å². The van der Waals surface area contributed by atoms with Crippen LogP contribution in [0.5, 0.6) is 0 Å². The molecule has 1 aromatic carbocycles. The molecule has 0 aliphatic carbocycles. The van der Waals surface area contributed by atoms with Gasteiger partial charge < -0.3 is 5.21 Å². The van der Waals surface area contributed by atoms with E-state index in [1.54, 1.807) is 12.1 Å². The minimum absolute atomic E-state index is 0.685. The lowest BCUT2D eigenvalue weighted by atomic mass is 10.2. The van der Waals surface area contributed by atoms with Crippen LogP contribution in [0.15, 0.2) is 28.7 Å². The third-order valence-electron chi connectivity index (χ3n) is 0.999. The molecular formula is C7H4BrNO. The van der Waals surface area contributed by atoms with E-state index in [-0.39, 0.29) is 0 Å². The van der Waals surface area contributed by atoms with E-state index in [2.05, 4.69) is 27.0 Å². The number of rotatable bonds is 0. The van der Waals surface area contributed by atoms with Gasteiger partial charge in [-0.3, -0.25) is 0 Å². The molecule has 0 aromatic heterocycles. The third-order valence-corrected chi connectivity index (χ3v) is 1.49. The highest BCUT2D eigenvalue weighted by molar-refractivity contribution is 9.10. The molecule has 3 heteroatoms. The zero-order valence-electron chi connectivity index (χ0n) is 5.04. The predicted molar refractivity (Wildman–Crippen MR) is 43.9 cm³/mol. The Morgan fingerprint density at radius 2 is 2.30 bits per heavy atom. The van der Waals surface area contributed by atoms with Crippen molar-refractivity contribution < 1.29 is 0 Å². The van der Waals surface area contributed by atoms with Gasteiger partial charge in [-0.25, -0.2) is 0 Å². The van der Waals surface area contributed by atoms with Crippen molar-refractivity contribution in [3.05, 3.63) is 44.5 Å². The zero-order chi connectivity index (χ0) is 7.40. The van der Waals surface area contributed by atoms with Gasteiger partial charge in [-0.2, -0.15) is 0 Å². The second kappa shape index (κ2) is 3.23. The minimum atomic E-state index is 0.685. The van der Waals surface area contributed by atoms with Crippen molar-refractivity contribution in [2.45, 2.75) is 0 Å². The molecular weight excluding hydrogens is 194 g/mol. The van der Waals surface area contributed by atoms with Crippen molar-refractivity contribution in [2.75, 3.05) is 0 Å². The van der Waals surface area contributed by atoms with E-state index in [0.717, 1.165) is 4.47 Å². The fourth-order valence-electron chi connectivity index (χ4n) is 0.611. The highest BCUT2D eigenvalue weighted by Crippen LogP contribution is 2.10. The molecule has 0 bridgehead atoms. The molecule has 0 aliphatic rings. The molecule has 0 saturated carbocycles. The summed E-state index contributed by atoms with van der Waals surface area (Å²) in [6.07, 6.45) is 0. The molecule has 1 aromatic rings. The van der Waals surface area contributed by atoms with E-state index in [9.17, 15) is 5.21 Å². The van der Waals surface area contributed by atoms with Crippen LogP contribution < -0.4 is 0 Å². The molecule has 50 valence electrons. The lowest BCUT2D eigenvalue weighted by Gasteiger charge is -1.85. The second-order valence-electron chi connectivity index (χ2n) is 1.71. The number of hydrogen-bond acceptors (Lipinski definition) is 1. The number of halogens is 1. The Hall–Kier alpha value is -1.01. The summed E-state index contributed by atoms with van der Waals surface area (Å²) >= 11 is 3.25. The van der Waals surface area contributed by atoms with Crippen molar-refractivity contribution in [1.29, 1.82) is 0 Å². The van der Waals surface area contributed by atoms with Crippen molar-refractivity contribution in [1.82, 2.24) is 0 Å². The Kier molecular flexibility index (Phi) is 2.30. The highest BCUT2D eigenvalue weighted by atomic mass is 79.9. The van der Waals surface area contributed by atoms with Crippen molar-refractivity contribution in [2.24, 2.45) is 0 Å². The fraction of sp³-hybridized carbons (Fsp3) is 0. The maximum absolute atomic E-state index is 9.71. The first-order valence-corrected chi connectivity index (χ1v) is 3.46. The molecule has 0 N–H and O–H groups in total. The van der Waals surface area contributed by atoms with Crippen LogP contribution in [-0.2, 0) is 0 Å². The smallest absolute Gasteiger partial charge is 0.336 e. The number of benzene rings is 1. The van der Waals surface area contributed by atoms with Gasteiger partial charge in [-0.05, 0) is 18.2 Å². The monoisotopic (exact) mass is 197 g/mol. The van der Waals surface area contributed by atoms with Gasteiger partial charge in [-0.15, -0.1) is 0 Å². The Morgan fingerprint density at radius 3 is 2.90 bits per heavy atom. The summed E-state index contributed by atoms with van der Waals surface area (Å²) in [4.78, 5) is 0. The topological polar surface area (TPSA) is 27.4 Å². The Balaban J connectivity index is 3.03. The van der Waals surface area contributed by atoms with Crippen LogP contribution >= 0.6 is 15.9 Å². The lowest BCUT2D eigenvalue weighted by Crippen LogP contribution is -1.70. The molecule has 0 spiro atoms. The SMILES string of the molecule is [O-][N+]#Cc1cccc(Br)c1. The summed E-state index contributed by atoms with van der Waals surface area (Å²) in [5.74, 6) is 0. The van der Waals surface area contributed by atoms with E-state index in [1.165, 1.54) is 0 Å². The summed E-state index contributed by atoms with van der Waals surface area (Å²) in [6, 6.07) is 9.50. The molecule has 10 heavy (non-hydrogen) atoms. The van der Waals surface area contributed by atoms with Crippen LogP contribution in [0.2, 0.25) is 0 Å². The number of hydrogen-bond donors (Lipinski definition) is 0. The van der Waals surface area contributed by atoms with Gasteiger partial charge >= 0.3 is 6.07 Å². The van der Waals surface area contributed by atoms with Gasteiger partial charge in [0, 0.05) is 9.48 Å². The van der Waals surface area contributed by atoms with E-state index >= 15 is 0 Å². The van der Waals surface area contributed by atoms with E-state index in [1.807, 2.05) is 12.1 Å². The molecule has 0 amide bonds. The van der Waals surface area contributed by atoms with Crippen LogP contribution in [0, 0.1) is 11.3 Å². The summed E-state index contributed by atoms with van der Waals surface area (Å²) in [5, 5.41) is 12.2. The molecule has 0 radical (unpaired) electrons. The Bertz CT molecular complexity index is 287. The maximum Gasteiger partial charge on any atom is 0.336 e. The van der Waals surface area contributed by atoms with Gasteiger partial charge in [0.2, 0.25) is 0 Å². The van der Waals surface area contributed by atoms with Crippen LogP contribution in [0.4, 0.5) is 0 Å². The second-order valence-corrected chi connectivity index (χ2v) is 2.63. The van der Waals surface area contributed by atoms with Crippen LogP contribution in [0.1, 0.15) is 5.56 Å². The lowest BCUT2D eigenvalue weighted by molar-refractivity contribution is 1.60. The van der Waals surface area contributed by atoms with Crippen LogP contribution in [0.3, 0.4) is 0 Å². The molecule has 0 aliphatic heterocycles. The van der Waals surface area contributed by atoms with Gasteiger partial charge in [0.25, 0.3) is 0 Å². The zero-order valence-corrected chi connectivity index (χ0v) is 6.63. The third kappa shape index (κ3) is 1.74. The van der Waals surface area contributed by atoms with E-state index in [0.29, 0.717) is 5.56 Å².